The fourth-order valence-corrected chi connectivity index (χ4v) is 3.56. The van der Waals surface area contributed by atoms with E-state index in [1.807, 2.05) is 6.07 Å². The van der Waals surface area contributed by atoms with Gasteiger partial charge >= 0.3 is 12.1 Å². The van der Waals surface area contributed by atoms with Crippen LogP contribution in [0, 0.1) is 11.8 Å². The summed E-state index contributed by atoms with van der Waals surface area (Å²) >= 11 is 0. The third kappa shape index (κ3) is 9.90. The van der Waals surface area contributed by atoms with Gasteiger partial charge in [0.1, 0.15) is 17.4 Å². The average Bonchev–Trinajstić information content (AvgIpc) is 2.71. The highest BCUT2D eigenvalue weighted by atomic mass is 16.6. The van der Waals surface area contributed by atoms with Crippen molar-refractivity contribution in [1.29, 1.82) is 0 Å². The van der Waals surface area contributed by atoms with E-state index < -0.39 is 23.7 Å². The van der Waals surface area contributed by atoms with Crippen molar-refractivity contribution in [2.75, 3.05) is 27.9 Å². The monoisotopic (exact) mass is 451 g/mol. The van der Waals surface area contributed by atoms with E-state index in [1.165, 1.54) is 7.11 Å². The number of benzene rings is 1. The molecule has 1 N–H and O–H groups in total. The number of methoxy groups -OCH3 is 3. The minimum absolute atomic E-state index is 0.147. The Hall–Kier alpha value is -2.28. The van der Waals surface area contributed by atoms with E-state index in [0.29, 0.717) is 18.9 Å². The van der Waals surface area contributed by atoms with E-state index >= 15 is 0 Å². The fourth-order valence-electron chi connectivity index (χ4n) is 3.56. The van der Waals surface area contributed by atoms with Crippen LogP contribution < -0.4 is 10.1 Å². The number of carbonyl (C=O) groups excluding carboxylic acids is 2. The molecule has 7 heteroatoms. The molecule has 0 heterocycles. The van der Waals surface area contributed by atoms with Gasteiger partial charge < -0.3 is 24.3 Å². The van der Waals surface area contributed by atoms with E-state index in [0.717, 1.165) is 36.1 Å². The molecular weight excluding hydrogens is 410 g/mol. The number of carbonyl (C=O) groups is 2. The number of alkyl carbamates (subject to hydrolysis) is 1. The van der Waals surface area contributed by atoms with Gasteiger partial charge in [-0.1, -0.05) is 26.0 Å². The Bertz CT molecular complexity index is 726. The average molecular weight is 452 g/mol. The second kappa shape index (κ2) is 13.3. The van der Waals surface area contributed by atoms with E-state index in [-0.39, 0.29) is 5.92 Å². The molecule has 0 fully saturated rings. The molecule has 0 bridgehead atoms. The molecule has 0 spiro atoms. The topological polar surface area (TPSA) is 83.1 Å². The summed E-state index contributed by atoms with van der Waals surface area (Å²) in [5, 5.41) is 2.69. The Balaban J connectivity index is 2.99. The Morgan fingerprint density at radius 1 is 1.09 bits per heavy atom. The first-order valence-corrected chi connectivity index (χ1v) is 11.2. The van der Waals surface area contributed by atoms with Crippen LogP contribution in [0.5, 0.6) is 5.75 Å². The summed E-state index contributed by atoms with van der Waals surface area (Å²) in [5.74, 6) is 0.831. The summed E-state index contributed by atoms with van der Waals surface area (Å²) in [7, 11) is 4.70. The lowest BCUT2D eigenvalue weighted by Crippen LogP contribution is -2.45. The van der Waals surface area contributed by atoms with Crippen molar-refractivity contribution in [3.05, 3.63) is 29.3 Å². The van der Waals surface area contributed by atoms with Crippen molar-refractivity contribution in [2.45, 2.75) is 71.9 Å². The molecular formula is C25H41NO6. The number of nitrogens with one attached hydrogen (secondary N) is 1. The molecule has 0 radical (unpaired) electrons. The molecule has 1 aromatic carbocycles. The Labute approximate surface area is 193 Å². The van der Waals surface area contributed by atoms with Gasteiger partial charge in [0.2, 0.25) is 0 Å². The molecule has 182 valence electrons. The van der Waals surface area contributed by atoms with Gasteiger partial charge in [0, 0.05) is 13.7 Å². The van der Waals surface area contributed by atoms with Crippen molar-refractivity contribution in [1.82, 2.24) is 5.32 Å². The summed E-state index contributed by atoms with van der Waals surface area (Å²) in [6.07, 6.45) is 2.37. The predicted molar refractivity (Wildman–Crippen MR) is 125 cm³/mol. The largest absolute Gasteiger partial charge is 0.496 e. The summed E-state index contributed by atoms with van der Waals surface area (Å²) in [6.45, 7) is 10.3. The SMILES string of the molecule is COCCCc1cc(C[C@@H](C[C@H](NC(=O)OC(C)(C)C)C(=O)OC)C(C)C)ccc1OC. The van der Waals surface area contributed by atoms with Crippen LogP contribution >= 0.6 is 0 Å². The number of esters is 1. The molecule has 0 aliphatic carbocycles. The van der Waals surface area contributed by atoms with Crippen LogP contribution in [0.3, 0.4) is 0 Å². The van der Waals surface area contributed by atoms with Crippen LogP contribution in [0.2, 0.25) is 0 Å². The van der Waals surface area contributed by atoms with Crippen LogP contribution in [0.4, 0.5) is 4.79 Å². The normalized spacial score (nSPS) is 13.4. The third-order valence-corrected chi connectivity index (χ3v) is 5.30. The van der Waals surface area contributed by atoms with Crippen molar-refractivity contribution in [2.24, 2.45) is 11.8 Å². The van der Waals surface area contributed by atoms with Gasteiger partial charge in [-0.3, -0.25) is 0 Å². The maximum Gasteiger partial charge on any atom is 0.408 e. The highest BCUT2D eigenvalue weighted by Crippen LogP contribution is 2.27. The molecule has 0 saturated heterocycles. The smallest absolute Gasteiger partial charge is 0.408 e. The zero-order chi connectivity index (χ0) is 24.3. The highest BCUT2D eigenvalue weighted by molar-refractivity contribution is 5.81. The fraction of sp³-hybridized carbons (Fsp3) is 0.680. The standard InChI is InChI=1S/C25H41NO6/c1-17(2)20(16-21(23(27)31-8)26-24(28)32-25(3,4)5)15-18-11-12-22(30-7)19(14-18)10-9-13-29-6/h11-12,14,17,20-21H,9-10,13,15-16H2,1-8H3,(H,26,28)/t20-,21-/m0/s1. The molecule has 0 aromatic heterocycles. The van der Waals surface area contributed by atoms with Crippen molar-refractivity contribution in [3.63, 3.8) is 0 Å². The van der Waals surface area contributed by atoms with Gasteiger partial charge in [0.05, 0.1) is 14.2 Å². The molecule has 1 aromatic rings. The zero-order valence-electron chi connectivity index (χ0n) is 20.9. The quantitative estimate of drug-likeness (QED) is 0.371. The maximum atomic E-state index is 12.4. The minimum Gasteiger partial charge on any atom is -0.496 e. The van der Waals surface area contributed by atoms with Crippen molar-refractivity contribution < 1.29 is 28.5 Å². The van der Waals surface area contributed by atoms with Gasteiger partial charge in [-0.15, -0.1) is 0 Å². The maximum absolute atomic E-state index is 12.4. The summed E-state index contributed by atoms with van der Waals surface area (Å²) in [4.78, 5) is 24.7. The van der Waals surface area contributed by atoms with Gasteiger partial charge in [0.15, 0.2) is 0 Å². The lowest BCUT2D eigenvalue weighted by molar-refractivity contribution is -0.143. The second-order valence-corrected chi connectivity index (χ2v) is 9.41. The van der Waals surface area contributed by atoms with E-state index in [4.69, 9.17) is 18.9 Å². The number of hydrogen-bond donors (Lipinski definition) is 1. The molecule has 7 nitrogen and oxygen atoms in total. The van der Waals surface area contributed by atoms with Crippen LogP contribution in [0.1, 0.15) is 58.6 Å². The first kappa shape index (κ1) is 27.8. The summed E-state index contributed by atoms with van der Waals surface area (Å²) < 4.78 is 21.0. The Morgan fingerprint density at radius 3 is 2.31 bits per heavy atom. The zero-order valence-corrected chi connectivity index (χ0v) is 20.9. The molecule has 0 unspecified atom stereocenters. The minimum atomic E-state index is -0.776. The number of aryl methyl sites for hydroxylation is 1. The van der Waals surface area contributed by atoms with E-state index in [2.05, 4.69) is 31.3 Å². The predicted octanol–water partition coefficient (Wildman–Crippen LogP) is 4.55. The van der Waals surface area contributed by atoms with E-state index in [1.54, 1.807) is 35.0 Å². The Morgan fingerprint density at radius 2 is 1.78 bits per heavy atom. The van der Waals surface area contributed by atoms with Gasteiger partial charge in [-0.05, 0) is 75.5 Å². The lowest BCUT2D eigenvalue weighted by atomic mass is 9.83. The number of ether oxygens (including phenoxy) is 4. The number of hydrogen-bond acceptors (Lipinski definition) is 6. The van der Waals surface area contributed by atoms with Gasteiger partial charge in [-0.2, -0.15) is 0 Å². The molecule has 1 amide bonds. The molecule has 2 atom stereocenters. The lowest BCUT2D eigenvalue weighted by Gasteiger charge is -2.27. The van der Waals surface area contributed by atoms with Crippen LogP contribution in [-0.2, 0) is 31.8 Å². The number of amides is 1. The molecule has 0 aliphatic rings. The second-order valence-electron chi connectivity index (χ2n) is 9.41. The van der Waals surface area contributed by atoms with Crippen molar-refractivity contribution >= 4 is 12.1 Å². The van der Waals surface area contributed by atoms with Crippen LogP contribution in [0.25, 0.3) is 0 Å². The molecule has 0 aliphatic heterocycles. The third-order valence-electron chi connectivity index (χ3n) is 5.30. The summed E-state index contributed by atoms with van der Waals surface area (Å²) in [6, 6.07) is 5.44. The number of rotatable bonds is 12. The molecule has 0 saturated carbocycles. The van der Waals surface area contributed by atoms with Crippen LogP contribution in [-0.4, -0.2) is 51.6 Å². The first-order valence-electron chi connectivity index (χ1n) is 11.2. The van der Waals surface area contributed by atoms with E-state index in [9.17, 15) is 9.59 Å². The first-order chi connectivity index (χ1) is 15.0. The molecule has 1 rings (SSSR count). The van der Waals surface area contributed by atoms with Gasteiger partial charge in [0.25, 0.3) is 0 Å². The molecule has 32 heavy (non-hydrogen) atoms. The highest BCUT2D eigenvalue weighted by Gasteiger charge is 2.29. The van der Waals surface area contributed by atoms with Gasteiger partial charge in [-0.25, -0.2) is 9.59 Å². The van der Waals surface area contributed by atoms with Crippen LogP contribution in [0.15, 0.2) is 18.2 Å². The van der Waals surface area contributed by atoms with Crippen molar-refractivity contribution in [3.8, 4) is 5.75 Å². The summed E-state index contributed by atoms with van der Waals surface area (Å²) in [5.41, 5.74) is 1.66. The Kier molecular flexibility index (Phi) is 11.5.